The second kappa shape index (κ2) is 4.55. The van der Waals surface area contributed by atoms with Crippen molar-refractivity contribution < 1.29 is 21.6 Å². The molecule has 0 bridgehead atoms. The van der Waals surface area contributed by atoms with Crippen molar-refractivity contribution in [2.45, 2.75) is 23.7 Å². The molecule has 0 aliphatic carbocycles. The Morgan fingerprint density at radius 2 is 1.67 bits per heavy atom. The lowest BCUT2D eigenvalue weighted by Crippen LogP contribution is -2.42. The molecule has 0 N–H and O–H groups in total. The molecule has 0 radical (unpaired) electrons. The first kappa shape index (κ1) is 13.4. The van der Waals surface area contributed by atoms with Gasteiger partial charge in [0.05, 0.1) is 0 Å². The fourth-order valence-electron chi connectivity index (χ4n) is 1.85. The number of alkyl halides is 2. The van der Waals surface area contributed by atoms with Crippen molar-refractivity contribution in [2.24, 2.45) is 0 Å². The molecule has 3 nitrogen and oxygen atoms in total. The molecule has 0 aromatic heterocycles. The molecule has 0 spiro atoms. The maximum Gasteiger partial charge on any atom is 0.250 e. The molecule has 1 aliphatic heterocycles. The SMILES string of the molecule is O=S(=O)(c1ccccc1F)N1CCC(F)(F)CC1. The van der Waals surface area contributed by atoms with Gasteiger partial charge < -0.3 is 0 Å². The van der Waals surface area contributed by atoms with E-state index in [1.807, 2.05) is 0 Å². The highest BCUT2D eigenvalue weighted by Gasteiger charge is 2.39. The van der Waals surface area contributed by atoms with Crippen molar-refractivity contribution >= 4 is 10.0 Å². The van der Waals surface area contributed by atoms with Crippen molar-refractivity contribution in [3.05, 3.63) is 30.1 Å². The van der Waals surface area contributed by atoms with E-state index in [-0.39, 0.29) is 13.1 Å². The number of sulfonamides is 1. The van der Waals surface area contributed by atoms with Gasteiger partial charge in [-0.05, 0) is 12.1 Å². The Kier molecular flexibility index (Phi) is 3.37. The lowest BCUT2D eigenvalue weighted by molar-refractivity contribution is -0.0412. The number of benzene rings is 1. The average molecular weight is 279 g/mol. The molecule has 0 atom stereocenters. The Hall–Kier alpha value is -1.08. The summed E-state index contributed by atoms with van der Waals surface area (Å²) >= 11 is 0. The molecule has 1 saturated heterocycles. The van der Waals surface area contributed by atoms with Gasteiger partial charge >= 0.3 is 0 Å². The zero-order valence-corrected chi connectivity index (χ0v) is 10.3. The van der Waals surface area contributed by atoms with Crippen LogP contribution in [0.4, 0.5) is 13.2 Å². The molecule has 2 rings (SSSR count). The van der Waals surface area contributed by atoms with E-state index in [0.717, 1.165) is 16.4 Å². The number of hydrogen-bond acceptors (Lipinski definition) is 2. The topological polar surface area (TPSA) is 37.4 Å². The van der Waals surface area contributed by atoms with Crippen LogP contribution in [0, 0.1) is 5.82 Å². The van der Waals surface area contributed by atoms with Gasteiger partial charge in [-0.3, -0.25) is 0 Å². The lowest BCUT2D eigenvalue weighted by Gasteiger charge is -2.30. The van der Waals surface area contributed by atoms with Gasteiger partial charge in [-0.2, -0.15) is 4.31 Å². The third kappa shape index (κ3) is 2.51. The van der Waals surface area contributed by atoms with Crippen LogP contribution in [0.1, 0.15) is 12.8 Å². The average Bonchev–Trinajstić information content (AvgIpc) is 2.28. The number of nitrogens with zero attached hydrogens (tertiary/aromatic N) is 1. The molecule has 0 amide bonds. The molecule has 1 heterocycles. The van der Waals surface area contributed by atoms with Gasteiger partial charge in [0.2, 0.25) is 10.0 Å². The smallest absolute Gasteiger partial charge is 0.207 e. The van der Waals surface area contributed by atoms with Crippen molar-refractivity contribution in [1.29, 1.82) is 0 Å². The van der Waals surface area contributed by atoms with Gasteiger partial charge in [0.15, 0.2) is 0 Å². The molecular weight excluding hydrogens is 267 g/mol. The van der Waals surface area contributed by atoms with Gasteiger partial charge in [0.1, 0.15) is 10.7 Å². The highest BCUT2D eigenvalue weighted by molar-refractivity contribution is 7.89. The summed E-state index contributed by atoms with van der Waals surface area (Å²) in [5.74, 6) is -3.70. The summed E-state index contributed by atoms with van der Waals surface area (Å²) in [4.78, 5) is -0.463. The van der Waals surface area contributed by atoms with E-state index in [0.29, 0.717) is 0 Å². The van der Waals surface area contributed by atoms with Gasteiger partial charge in [0.25, 0.3) is 5.92 Å². The van der Waals surface area contributed by atoms with E-state index < -0.39 is 39.5 Å². The minimum atomic E-state index is -4.02. The van der Waals surface area contributed by atoms with Crippen molar-refractivity contribution in [1.82, 2.24) is 4.31 Å². The van der Waals surface area contributed by atoms with Crippen molar-refractivity contribution in [3.8, 4) is 0 Å². The van der Waals surface area contributed by atoms with Crippen LogP contribution in [0.3, 0.4) is 0 Å². The summed E-state index contributed by atoms with van der Waals surface area (Å²) in [5.41, 5.74) is 0. The summed E-state index contributed by atoms with van der Waals surface area (Å²) in [6.07, 6.45) is -1.05. The normalized spacial score (nSPS) is 20.8. The predicted molar refractivity (Wildman–Crippen MR) is 59.3 cm³/mol. The van der Waals surface area contributed by atoms with E-state index in [9.17, 15) is 21.6 Å². The van der Waals surface area contributed by atoms with Crippen molar-refractivity contribution in [3.63, 3.8) is 0 Å². The summed E-state index contributed by atoms with van der Waals surface area (Å²) in [7, 11) is -4.02. The molecule has 1 fully saturated rings. The fraction of sp³-hybridized carbons (Fsp3) is 0.455. The Bertz CT molecular complexity index is 535. The second-order valence-corrected chi connectivity index (χ2v) is 6.10. The van der Waals surface area contributed by atoms with Gasteiger partial charge in [-0.25, -0.2) is 21.6 Å². The summed E-state index contributed by atoms with van der Waals surface area (Å²) < 4.78 is 64.4. The maximum atomic E-state index is 13.4. The first-order valence-corrected chi connectivity index (χ1v) is 6.89. The number of hydrogen-bond donors (Lipinski definition) is 0. The second-order valence-electron chi connectivity index (χ2n) is 4.19. The number of rotatable bonds is 2. The largest absolute Gasteiger partial charge is 0.250 e. The lowest BCUT2D eigenvalue weighted by atomic mass is 10.1. The summed E-state index contributed by atoms with van der Waals surface area (Å²) in [6, 6.07) is 4.94. The van der Waals surface area contributed by atoms with E-state index >= 15 is 0 Å². The van der Waals surface area contributed by atoms with Crippen LogP contribution in [0.2, 0.25) is 0 Å². The minimum absolute atomic E-state index is 0.288. The standard InChI is InChI=1S/C11H12F3NO2S/c12-9-3-1-2-4-10(9)18(16,17)15-7-5-11(13,14)6-8-15/h1-4H,5-8H2. The first-order chi connectivity index (χ1) is 8.33. The van der Waals surface area contributed by atoms with E-state index in [2.05, 4.69) is 0 Å². The van der Waals surface area contributed by atoms with Crippen LogP contribution in [0.5, 0.6) is 0 Å². The van der Waals surface area contributed by atoms with Gasteiger partial charge in [0, 0.05) is 25.9 Å². The number of piperidine rings is 1. The van der Waals surface area contributed by atoms with E-state index in [1.54, 1.807) is 0 Å². The van der Waals surface area contributed by atoms with Crippen molar-refractivity contribution in [2.75, 3.05) is 13.1 Å². The Morgan fingerprint density at radius 1 is 1.11 bits per heavy atom. The first-order valence-electron chi connectivity index (χ1n) is 5.45. The van der Waals surface area contributed by atoms with Crippen LogP contribution >= 0.6 is 0 Å². The molecule has 1 aliphatic rings. The molecule has 1 aromatic carbocycles. The summed E-state index contributed by atoms with van der Waals surface area (Å²) in [5, 5.41) is 0. The van der Waals surface area contributed by atoms with Crippen LogP contribution < -0.4 is 0 Å². The molecule has 0 saturated carbocycles. The fourth-order valence-corrected chi connectivity index (χ4v) is 3.35. The monoisotopic (exact) mass is 279 g/mol. The highest BCUT2D eigenvalue weighted by Crippen LogP contribution is 2.31. The third-order valence-corrected chi connectivity index (χ3v) is 4.84. The molecule has 18 heavy (non-hydrogen) atoms. The van der Waals surface area contributed by atoms with Crippen LogP contribution in [-0.2, 0) is 10.0 Å². The molecule has 0 unspecified atom stereocenters. The maximum absolute atomic E-state index is 13.4. The molecule has 100 valence electrons. The predicted octanol–water partition coefficient (Wildman–Crippen LogP) is 2.25. The highest BCUT2D eigenvalue weighted by atomic mass is 32.2. The molecule has 7 heteroatoms. The number of halogens is 3. The van der Waals surface area contributed by atoms with Crippen LogP contribution in [0.25, 0.3) is 0 Å². The minimum Gasteiger partial charge on any atom is -0.207 e. The van der Waals surface area contributed by atoms with Gasteiger partial charge in [-0.15, -0.1) is 0 Å². The van der Waals surface area contributed by atoms with Gasteiger partial charge in [-0.1, -0.05) is 12.1 Å². The van der Waals surface area contributed by atoms with E-state index in [4.69, 9.17) is 0 Å². The zero-order valence-electron chi connectivity index (χ0n) is 9.44. The quantitative estimate of drug-likeness (QED) is 0.832. The van der Waals surface area contributed by atoms with Crippen LogP contribution in [-0.4, -0.2) is 31.7 Å². The molecule has 1 aromatic rings. The molecular formula is C11H12F3NO2S. The Labute approximate surface area is 103 Å². The van der Waals surface area contributed by atoms with E-state index in [1.165, 1.54) is 12.1 Å². The zero-order chi connectivity index (χ0) is 13.4. The Balaban J connectivity index is 2.26. The third-order valence-electron chi connectivity index (χ3n) is 2.91. The summed E-state index contributed by atoms with van der Waals surface area (Å²) in [6.45, 7) is -0.576. The van der Waals surface area contributed by atoms with Crippen LogP contribution in [0.15, 0.2) is 29.2 Å². The Morgan fingerprint density at radius 3 is 2.22 bits per heavy atom.